The first-order valence-electron chi connectivity index (χ1n) is 5.48. The van der Waals surface area contributed by atoms with Gasteiger partial charge >= 0.3 is 0 Å². The van der Waals surface area contributed by atoms with Gasteiger partial charge < -0.3 is 4.90 Å². The highest BCUT2D eigenvalue weighted by molar-refractivity contribution is 9.10. The maximum Gasteiger partial charge on any atom is 0.148 e. The average Bonchev–Trinajstić information content (AvgIpc) is 2.42. The van der Waals surface area contributed by atoms with Crippen molar-refractivity contribution < 1.29 is 0 Å². The van der Waals surface area contributed by atoms with E-state index in [2.05, 4.69) is 32.0 Å². The molecule has 1 heterocycles. The molecule has 96 valence electrons. The monoisotopic (exact) mass is 336 g/mol. The molecular formula is C13H10BrClN4. The second-order valence-corrected chi connectivity index (χ2v) is 5.12. The molecule has 0 bridgehead atoms. The van der Waals surface area contributed by atoms with Gasteiger partial charge in [0.25, 0.3) is 0 Å². The van der Waals surface area contributed by atoms with E-state index in [-0.39, 0.29) is 0 Å². The van der Waals surface area contributed by atoms with Crippen LogP contribution in [-0.4, -0.2) is 17.0 Å². The Hall–Kier alpha value is -1.64. The van der Waals surface area contributed by atoms with Gasteiger partial charge in [-0.05, 0) is 33.6 Å². The molecule has 1 aromatic heterocycles. The lowest BCUT2D eigenvalue weighted by molar-refractivity contribution is 0.885. The van der Waals surface area contributed by atoms with Gasteiger partial charge in [0.1, 0.15) is 17.3 Å². The Labute approximate surface area is 124 Å². The molecule has 2 rings (SSSR count). The van der Waals surface area contributed by atoms with Crippen molar-refractivity contribution in [3.8, 4) is 6.07 Å². The second-order valence-electron chi connectivity index (χ2n) is 3.97. The highest BCUT2D eigenvalue weighted by Crippen LogP contribution is 2.29. The number of hydrogen-bond donors (Lipinski definition) is 0. The zero-order chi connectivity index (χ0) is 13.8. The summed E-state index contributed by atoms with van der Waals surface area (Å²) in [5, 5.41) is 9.26. The molecule has 19 heavy (non-hydrogen) atoms. The van der Waals surface area contributed by atoms with Crippen molar-refractivity contribution in [2.75, 3.05) is 11.9 Å². The molecule has 0 amide bonds. The number of anilines is 1. The number of halogens is 2. The number of rotatable bonds is 3. The van der Waals surface area contributed by atoms with E-state index < -0.39 is 0 Å². The molecule has 4 nitrogen and oxygen atoms in total. The summed E-state index contributed by atoms with van der Waals surface area (Å²) in [6, 6.07) is 9.59. The number of aromatic nitrogens is 2. The van der Waals surface area contributed by atoms with Gasteiger partial charge in [0.2, 0.25) is 0 Å². The minimum absolute atomic E-state index is 0.377. The van der Waals surface area contributed by atoms with Crippen molar-refractivity contribution >= 4 is 33.3 Å². The quantitative estimate of drug-likeness (QED) is 0.806. The van der Waals surface area contributed by atoms with Crippen LogP contribution in [0.25, 0.3) is 0 Å². The average molecular weight is 338 g/mol. The third-order valence-electron chi connectivity index (χ3n) is 2.57. The largest absolute Gasteiger partial charge is 0.354 e. The molecule has 1 aromatic carbocycles. The fraction of sp³-hybridized carbons (Fsp3) is 0.154. The predicted octanol–water partition coefficient (Wildman–Crippen LogP) is 3.40. The number of nitriles is 1. The van der Waals surface area contributed by atoms with Gasteiger partial charge in [-0.15, -0.1) is 0 Å². The molecule has 6 heteroatoms. The zero-order valence-electron chi connectivity index (χ0n) is 10.1. The lowest BCUT2D eigenvalue weighted by Crippen LogP contribution is -2.18. The Morgan fingerprint density at radius 3 is 2.95 bits per heavy atom. The molecule has 0 unspecified atom stereocenters. The maximum absolute atomic E-state index is 8.88. The standard InChI is InChI=1S/C13H10BrClN4/c1-19(13-11(14)12(15)17-8-18-13)7-10-4-2-3-9(5-10)6-16/h2-5,8H,7H2,1H3. The number of benzene rings is 1. The highest BCUT2D eigenvalue weighted by atomic mass is 79.9. The summed E-state index contributed by atoms with van der Waals surface area (Å²) in [4.78, 5) is 10.0. The van der Waals surface area contributed by atoms with Crippen molar-refractivity contribution in [3.05, 3.63) is 51.3 Å². The first kappa shape index (κ1) is 13.8. The molecule has 0 aliphatic heterocycles. The van der Waals surface area contributed by atoms with E-state index in [4.69, 9.17) is 16.9 Å². The number of nitrogens with zero attached hydrogens (tertiary/aromatic N) is 4. The summed E-state index contributed by atoms with van der Waals surface area (Å²) < 4.78 is 0.663. The van der Waals surface area contributed by atoms with Crippen LogP contribution < -0.4 is 4.90 Å². The molecule has 0 aliphatic carbocycles. The van der Waals surface area contributed by atoms with Gasteiger partial charge in [-0.1, -0.05) is 23.7 Å². The first-order chi connectivity index (χ1) is 9.11. The Morgan fingerprint density at radius 1 is 1.42 bits per heavy atom. The summed E-state index contributed by atoms with van der Waals surface area (Å²) in [7, 11) is 1.91. The van der Waals surface area contributed by atoms with E-state index in [1.807, 2.05) is 30.1 Å². The van der Waals surface area contributed by atoms with E-state index in [0.717, 1.165) is 5.56 Å². The van der Waals surface area contributed by atoms with Crippen LogP contribution in [0.4, 0.5) is 5.82 Å². The first-order valence-corrected chi connectivity index (χ1v) is 6.65. The van der Waals surface area contributed by atoms with Gasteiger partial charge in [-0.2, -0.15) is 5.26 Å². The Morgan fingerprint density at radius 2 is 2.21 bits per heavy atom. The Bertz CT molecular complexity index is 639. The number of hydrogen-bond acceptors (Lipinski definition) is 4. The molecule has 0 spiro atoms. The fourth-order valence-corrected chi connectivity index (χ4v) is 2.33. The summed E-state index contributed by atoms with van der Waals surface area (Å²) in [5.74, 6) is 0.711. The Kier molecular flexibility index (Phi) is 4.35. The van der Waals surface area contributed by atoms with Gasteiger partial charge in [0, 0.05) is 13.6 Å². The van der Waals surface area contributed by atoms with Gasteiger partial charge in [-0.25, -0.2) is 9.97 Å². The van der Waals surface area contributed by atoms with Crippen LogP contribution in [-0.2, 0) is 6.54 Å². The highest BCUT2D eigenvalue weighted by Gasteiger charge is 2.11. The van der Waals surface area contributed by atoms with Crippen molar-refractivity contribution in [1.29, 1.82) is 5.26 Å². The smallest absolute Gasteiger partial charge is 0.148 e. The SMILES string of the molecule is CN(Cc1cccc(C#N)c1)c1ncnc(Cl)c1Br. The minimum atomic E-state index is 0.377. The van der Waals surface area contributed by atoms with Gasteiger partial charge in [-0.3, -0.25) is 0 Å². The Balaban J connectivity index is 2.23. The summed E-state index contributed by atoms with van der Waals surface area (Å²) in [6.45, 7) is 0.626. The van der Waals surface area contributed by atoms with E-state index in [1.54, 1.807) is 6.07 Å². The van der Waals surface area contributed by atoms with Gasteiger partial charge in [0.05, 0.1) is 16.1 Å². The van der Waals surface area contributed by atoms with E-state index in [9.17, 15) is 0 Å². The van der Waals surface area contributed by atoms with Crippen molar-refractivity contribution in [2.45, 2.75) is 6.54 Å². The van der Waals surface area contributed by atoms with Crippen LogP contribution in [0.1, 0.15) is 11.1 Å². The van der Waals surface area contributed by atoms with Crippen LogP contribution in [0.5, 0.6) is 0 Å². The van der Waals surface area contributed by atoms with Crippen LogP contribution in [0.15, 0.2) is 35.1 Å². The molecule has 0 atom stereocenters. The van der Waals surface area contributed by atoms with Crippen LogP contribution in [0, 0.1) is 11.3 Å². The van der Waals surface area contributed by atoms with Crippen LogP contribution in [0.2, 0.25) is 5.15 Å². The second kappa shape index (κ2) is 6.00. The summed E-state index contributed by atoms with van der Waals surface area (Å²) in [5.41, 5.74) is 1.67. The molecule has 2 aromatic rings. The molecule has 0 radical (unpaired) electrons. The zero-order valence-corrected chi connectivity index (χ0v) is 12.5. The molecule has 0 saturated carbocycles. The third kappa shape index (κ3) is 3.22. The van der Waals surface area contributed by atoms with Gasteiger partial charge in [0.15, 0.2) is 0 Å². The summed E-state index contributed by atoms with van der Waals surface area (Å²) >= 11 is 9.31. The predicted molar refractivity (Wildman–Crippen MR) is 78.0 cm³/mol. The topological polar surface area (TPSA) is 52.8 Å². The van der Waals surface area contributed by atoms with E-state index in [0.29, 0.717) is 27.6 Å². The van der Waals surface area contributed by atoms with E-state index in [1.165, 1.54) is 6.33 Å². The molecular weight excluding hydrogens is 328 g/mol. The lowest BCUT2D eigenvalue weighted by atomic mass is 10.1. The lowest BCUT2D eigenvalue weighted by Gasteiger charge is -2.19. The molecule has 0 saturated heterocycles. The normalized spacial score (nSPS) is 10.0. The summed E-state index contributed by atoms with van der Waals surface area (Å²) in [6.07, 6.45) is 1.42. The van der Waals surface area contributed by atoms with E-state index >= 15 is 0 Å². The van der Waals surface area contributed by atoms with Crippen molar-refractivity contribution in [1.82, 2.24) is 9.97 Å². The van der Waals surface area contributed by atoms with Crippen molar-refractivity contribution in [3.63, 3.8) is 0 Å². The van der Waals surface area contributed by atoms with Crippen LogP contribution in [0.3, 0.4) is 0 Å². The minimum Gasteiger partial charge on any atom is -0.354 e. The molecule has 0 aliphatic rings. The maximum atomic E-state index is 8.88. The van der Waals surface area contributed by atoms with Crippen LogP contribution >= 0.6 is 27.5 Å². The molecule has 0 N–H and O–H groups in total. The fourth-order valence-electron chi connectivity index (χ4n) is 1.69. The third-order valence-corrected chi connectivity index (χ3v) is 3.81. The molecule has 0 fully saturated rings. The van der Waals surface area contributed by atoms with Crippen molar-refractivity contribution in [2.24, 2.45) is 0 Å².